The maximum Gasteiger partial charge on any atom is 0.258 e. The van der Waals surface area contributed by atoms with Gasteiger partial charge in [0.2, 0.25) is 5.82 Å². The minimum Gasteiger partial charge on any atom is -0.351 e. The predicted molar refractivity (Wildman–Crippen MR) is 134 cm³/mol. The Hall–Kier alpha value is -3.55. The van der Waals surface area contributed by atoms with Crippen LogP contribution in [0.25, 0.3) is 17.0 Å². The summed E-state index contributed by atoms with van der Waals surface area (Å²) in [6.07, 6.45) is 0. The molecule has 8 heteroatoms. The third-order valence-electron chi connectivity index (χ3n) is 5.70. The molecule has 1 aromatic heterocycles. The van der Waals surface area contributed by atoms with Crippen LogP contribution in [0.3, 0.4) is 0 Å². The number of allylic oxidation sites excluding steroid dienone is 1. The Morgan fingerprint density at radius 1 is 1.06 bits per heavy atom. The summed E-state index contributed by atoms with van der Waals surface area (Å²) in [5.41, 5.74) is 4.22. The number of aromatic nitrogens is 2. The van der Waals surface area contributed by atoms with Crippen molar-refractivity contribution in [2.24, 2.45) is 0 Å². The second-order valence-electron chi connectivity index (χ2n) is 7.94. The molecule has 4 aromatic rings. The topological polar surface area (TPSA) is 54.2 Å². The van der Waals surface area contributed by atoms with Crippen molar-refractivity contribution in [3.63, 3.8) is 0 Å². The Morgan fingerprint density at radius 3 is 2.62 bits per heavy atom. The third kappa shape index (κ3) is 4.44. The largest absolute Gasteiger partial charge is 0.351 e. The standard InChI is InChI=1S/C26H20ClFN4OS/c1-16-22(25-30-24(31-33-25)19-10-6-12-21(28)14-19)23(18-9-5-11-20(27)13-18)29-26(34)32(16)15-17-7-3-2-4-8-17/h2-14,23H,15H2,1H3,(H,29,34). The average molecular weight is 491 g/mol. The Labute approximate surface area is 206 Å². The van der Waals surface area contributed by atoms with Gasteiger partial charge in [-0.2, -0.15) is 4.98 Å². The van der Waals surface area contributed by atoms with E-state index in [1.165, 1.54) is 12.1 Å². The lowest BCUT2D eigenvalue weighted by atomic mass is 9.94. The number of nitrogens with one attached hydrogen (secondary N) is 1. The number of halogens is 2. The van der Waals surface area contributed by atoms with Gasteiger partial charge in [-0.15, -0.1) is 0 Å². The predicted octanol–water partition coefficient (Wildman–Crippen LogP) is 6.39. The highest BCUT2D eigenvalue weighted by Crippen LogP contribution is 2.38. The van der Waals surface area contributed by atoms with E-state index in [9.17, 15) is 4.39 Å². The zero-order chi connectivity index (χ0) is 23.7. The molecule has 2 heterocycles. The molecule has 0 fully saturated rings. The Kier molecular flexibility index (Phi) is 6.13. The summed E-state index contributed by atoms with van der Waals surface area (Å²) < 4.78 is 19.5. The van der Waals surface area contributed by atoms with E-state index in [1.54, 1.807) is 12.1 Å². The van der Waals surface area contributed by atoms with E-state index >= 15 is 0 Å². The van der Waals surface area contributed by atoms with E-state index in [0.29, 0.717) is 34.0 Å². The van der Waals surface area contributed by atoms with E-state index in [2.05, 4.69) is 15.5 Å². The summed E-state index contributed by atoms with van der Waals surface area (Å²) >= 11 is 12.0. The molecule has 5 rings (SSSR count). The van der Waals surface area contributed by atoms with Gasteiger partial charge in [0.15, 0.2) is 5.11 Å². The van der Waals surface area contributed by atoms with Crippen LogP contribution in [0.15, 0.2) is 89.1 Å². The molecule has 5 nitrogen and oxygen atoms in total. The van der Waals surface area contributed by atoms with Crippen LogP contribution in [-0.4, -0.2) is 20.2 Å². The normalized spacial score (nSPS) is 16.0. The van der Waals surface area contributed by atoms with Crippen molar-refractivity contribution in [1.82, 2.24) is 20.4 Å². The molecule has 0 bridgehead atoms. The molecular formula is C26H20ClFN4OS. The van der Waals surface area contributed by atoms with Crippen molar-refractivity contribution in [1.29, 1.82) is 0 Å². The van der Waals surface area contributed by atoms with Crippen LogP contribution in [0.5, 0.6) is 0 Å². The fourth-order valence-corrected chi connectivity index (χ4v) is 4.55. The highest BCUT2D eigenvalue weighted by Gasteiger charge is 2.34. The summed E-state index contributed by atoms with van der Waals surface area (Å²) in [5, 5.41) is 8.73. The third-order valence-corrected chi connectivity index (χ3v) is 6.27. The van der Waals surface area contributed by atoms with E-state index in [-0.39, 0.29) is 11.9 Å². The van der Waals surface area contributed by atoms with Crippen LogP contribution in [-0.2, 0) is 6.54 Å². The lowest BCUT2D eigenvalue weighted by Crippen LogP contribution is -2.45. The molecule has 0 radical (unpaired) electrons. The molecule has 1 N–H and O–H groups in total. The molecule has 1 aliphatic heterocycles. The zero-order valence-corrected chi connectivity index (χ0v) is 19.8. The molecule has 1 unspecified atom stereocenters. The molecule has 0 aliphatic carbocycles. The van der Waals surface area contributed by atoms with Gasteiger partial charge in [-0.1, -0.05) is 71.4 Å². The van der Waals surface area contributed by atoms with Gasteiger partial charge in [-0.25, -0.2) is 4.39 Å². The highest BCUT2D eigenvalue weighted by molar-refractivity contribution is 7.80. The fourth-order valence-electron chi connectivity index (χ4n) is 4.03. The van der Waals surface area contributed by atoms with Crippen molar-refractivity contribution in [3.8, 4) is 11.4 Å². The van der Waals surface area contributed by atoms with Gasteiger partial charge in [0.25, 0.3) is 5.89 Å². The number of benzene rings is 3. The van der Waals surface area contributed by atoms with Gasteiger partial charge in [-0.3, -0.25) is 0 Å². The van der Waals surface area contributed by atoms with E-state index in [4.69, 9.17) is 28.3 Å². The van der Waals surface area contributed by atoms with Crippen LogP contribution in [0.2, 0.25) is 5.02 Å². The van der Waals surface area contributed by atoms with Crippen LogP contribution >= 0.6 is 23.8 Å². The number of thiocarbonyl (C=S) groups is 1. The summed E-state index contributed by atoms with van der Waals surface area (Å²) in [4.78, 5) is 6.62. The number of rotatable bonds is 5. The Bertz CT molecular complexity index is 1390. The fraction of sp³-hybridized carbons (Fsp3) is 0.115. The van der Waals surface area contributed by atoms with E-state index in [1.807, 2.05) is 66.4 Å². The molecule has 1 atom stereocenters. The number of nitrogens with zero attached hydrogens (tertiary/aromatic N) is 3. The first-order chi connectivity index (χ1) is 16.5. The van der Waals surface area contributed by atoms with Crippen molar-refractivity contribution < 1.29 is 8.91 Å². The summed E-state index contributed by atoms with van der Waals surface area (Å²) in [6, 6.07) is 23.4. The molecule has 170 valence electrons. The maximum atomic E-state index is 13.8. The first-order valence-electron chi connectivity index (χ1n) is 10.7. The van der Waals surface area contributed by atoms with E-state index < -0.39 is 0 Å². The molecular weight excluding hydrogens is 471 g/mol. The molecule has 0 saturated heterocycles. The van der Waals surface area contributed by atoms with Crippen LogP contribution in [0.4, 0.5) is 4.39 Å². The van der Waals surface area contributed by atoms with Gasteiger partial charge >= 0.3 is 0 Å². The monoisotopic (exact) mass is 490 g/mol. The molecule has 0 amide bonds. The summed E-state index contributed by atoms with van der Waals surface area (Å²) in [6.45, 7) is 2.56. The highest BCUT2D eigenvalue weighted by atomic mass is 35.5. The van der Waals surface area contributed by atoms with Crippen molar-refractivity contribution in [3.05, 3.63) is 112 Å². The quantitative estimate of drug-likeness (QED) is 0.327. The summed E-state index contributed by atoms with van der Waals surface area (Å²) in [7, 11) is 0. The molecule has 0 spiro atoms. The zero-order valence-electron chi connectivity index (χ0n) is 18.2. The lowest BCUT2D eigenvalue weighted by Gasteiger charge is -2.37. The van der Waals surface area contributed by atoms with E-state index in [0.717, 1.165) is 22.4 Å². The minimum atomic E-state index is -0.366. The van der Waals surface area contributed by atoms with Gasteiger partial charge < -0.3 is 14.7 Å². The van der Waals surface area contributed by atoms with Gasteiger partial charge in [0.1, 0.15) is 5.82 Å². The van der Waals surface area contributed by atoms with Crippen molar-refractivity contribution in [2.75, 3.05) is 0 Å². The minimum absolute atomic E-state index is 0.308. The number of hydrogen-bond donors (Lipinski definition) is 1. The van der Waals surface area contributed by atoms with Crippen LogP contribution < -0.4 is 5.32 Å². The second-order valence-corrected chi connectivity index (χ2v) is 8.76. The van der Waals surface area contributed by atoms with Crippen molar-refractivity contribution in [2.45, 2.75) is 19.5 Å². The maximum absolute atomic E-state index is 13.8. The Morgan fingerprint density at radius 2 is 1.85 bits per heavy atom. The van der Waals surface area contributed by atoms with Crippen molar-refractivity contribution >= 4 is 34.5 Å². The number of hydrogen-bond acceptors (Lipinski definition) is 4. The molecule has 1 aliphatic rings. The summed E-state index contributed by atoms with van der Waals surface area (Å²) in [5.74, 6) is 0.270. The first-order valence-corrected chi connectivity index (χ1v) is 11.5. The lowest BCUT2D eigenvalue weighted by molar-refractivity contribution is 0.396. The van der Waals surface area contributed by atoms with Gasteiger partial charge in [-0.05, 0) is 54.5 Å². The van der Waals surface area contributed by atoms with Crippen LogP contribution in [0.1, 0.15) is 30.0 Å². The average Bonchev–Trinajstić information content (AvgIpc) is 3.32. The smallest absolute Gasteiger partial charge is 0.258 e. The first kappa shape index (κ1) is 22.3. The van der Waals surface area contributed by atoms with Gasteiger partial charge in [0.05, 0.1) is 11.6 Å². The molecule has 34 heavy (non-hydrogen) atoms. The molecule has 0 saturated carbocycles. The molecule has 3 aromatic carbocycles. The van der Waals surface area contributed by atoms with Crippen LogP contribution in [0, 0.1) is 5.82 Å². The Balaban J connectivity index is 1.61. The second kappa shape index (κ2) is 9.37. The SMILES string of the molecule is CC1=C(c2nc(-c3cccc(F)c3)no2)C(c2cccc(Cl)c2)NC(=S)N1Cc1ccccc1. The van der Waals surface area contributed by atoms with Gasteiger partial charge in [0, 0.05) is 22.8 Å².